The molecule has 0 atom stereocenters. The number of nitrogens with one attached hydrogen (secondary N) is 2. The first kappa shape index (κ1) is 13.5. The molecule has 0 aliphatic heterocycles. The van der Waals surface area contributed by atoms with Crippen LogP contribution in [0.15, 0.2) is 29.1 Å². The Hall–Kier alpha value is -1.96. The van der Waals surface area contributed by atoms with Crippen molar-refractivity contribution in [2.75, 3.05) is 11.9 Å². The molecule has 100 valence electrons. The van der Waals surface area contributed by atoms with Gasteiger partial charge in [0.05, 0.1) is 15.7 Å². The molecular formula is C11H10BrFN4O2. The molecule has 0 bridgehead atoms. The minimum Gasteiger partial charge on any atom is -0.379 e. The first-order chi connectivity index (χ1) is 9.08. The van der Waals surface area contributed by atoms with E-state index in [0.29, 0.717) is 13.0 Å². The van der Waals surface area contributed by atoms with Gasteiger partial charge in [0.15, 0.2) is 0 Å². The van der Waals surface area contributed by atoms with Gasteiger partial charge < -0.3 is 10.3 Å². The fraction of sp³-hybridized carbons (Fsp3) is 0.182. The van der Waals surface area contributed by atoms with Crippen LogP contribution in [0.2, 0.25) is 0 Å². The first-order valence-corrected chi connectivity index (χ1v) is 6.22. The standard InChI is InChI=1S/C11H10BrFN4O2/c12-8-3-11(17(18)19)10(4-9(8)13)15-2-1-7-5-14-6-16-7/h3-6,15H,1-2H2,(H,14,16). The molecule has 0 saturated carbocycles. The van der Waals surface area contributed by atoms with E-state index in [-0.39, 0.29) is 15.8 Å². The van der Waals surface area contributed by atoms with Crippen LogP contribution in [0.4, 0.5) is 15.8 Å². The van der Waals surface area contributed by atoms with E-state index in [1.165, 1.54) is 0 Å². The Morgan fingerprint density at radius 3 is 2.95 bits per heavy atom. The van der Waals surface area contributed by atoms with Crippen molar-refractivity contribution in [1.29, 1.82) is 0 Å². The predicted molar refractivity (Wildman–Crippen MR) is 71.5 cm³/mol. The Kier molecular flexibility index (Phi) is 4.10. The molecule has 6 nitrogen and oxygen atoms in total. The minimum atomic E-state index is -0.553. The van der Waals surface area contributed by atoms with Crippen LogP contribution in [0.1, 0.15) is 5.69 Å². The van der Waals surface area contributed by atoms with E-state index in [2.05, 4.69) is 31.2 Å². The van der Waals surface area contributed by atoms with Crippen LogP contribution >= 0.6 is 15.9 Å². The van der Waals surface area contributed by atoms with Crippen molar-refractivity contribution >= 4 is 27.3 Å². The van der Waals surface area contributed by atoms with Crippen molar-refractivity contribution in [3.05, 3.63) is 50.8 Å². The fourth-order valence-electron chi connectivity index (χ4n) is 1.58. The molecule has 8 heteroatoms. The summed E-state index contributed by atoms with van der Waals surface area (Å²) < 4.78 is 13.5. The van der Waals surface area contributed by atoms with Crippen LogP contribution in [-0.2, 0) is 6.42 Å². The summed E-state index contributed by atoms with van der Waals surface area (Å²) in [4.78, 5) is 17.1. The first-order valence-electron chi connectivity index (χ1n) is 5.42. The molecule has 1 aromatic carbocycles. The number of halogens is 2. The molecule has 0 radical (unpaired) electrons. The van der Waals surface area contributed by atoms with Gasteiger partial charge in [0, 0.05) is 37.0 Å². The number of nitrogens with zero attached hydrogens (tertiary/aromatic N) is 2. The zero-order valence-corrected chi connectivity index (χ0v) is 11.3. The SMILES string of the molecule is O=[N+]([O-])c1cc(Br)c(F)cc1NCCc1cnc[nH]1. The zero-order chi connectivity index (χ0) is 13.8. The minimum absolute atomic E-state index is 0.0679. The second-order valence-electron chi connectivity index (χ2n) is 3.79. The second-order valence-corrected chi connectivity index (χ2v) is 4.65. The number of hydrogen-bond donors (Lipinski definition) is 2. The fourth-order valence-corrected chi connectivity index (χ4v) is 1.91. The molecule has 0 aliphatic carbocycles. The Balaban J connectivity index is 2.10. The highest BCUT2D eigenvalue weighted by atomic mass is 79.9. The molecule has 0 fully saturated rings. The Morgan fingerprint density at radius 2 is 2.32 bits per heavy atom. The van der Waals surface area contributed by atoms with Crippen molar-refractivity contribution in [2.24, 2.45) is 0 Å². The van der Waals surface area contributed by atoms with Gasteiger partial charge in [-0.05, 0) is 15.9 Å². The molecule has 0 unspecified atom stereocenters. The Morgan fingerprint density at radius 1 is 1.53 bits per heavy atom. The number of aromatic amines is 1. The van der Waals surface area contributed by atoms with Gasteiger partial charge in [0.25, 0.3) is 5.69 Å². The van der Waals surface area contributed by atoms with Crippen molar-refractivity contribution in [3.8, 4) is 0 Å². The van der Waals surface area contributed by atoms with E-state index in [1.54, 1.807) is 12.5 Å². The second kappa shape index (κ2) is 5.79. The van der Waals surface area contributed by atoms with Crippen LogP contribution in [0, 0.1) is 15.9 Å². The highest BCUT2D eigenvalue weighted by Crippen LogP contribution is 2.30. The lowest BCUT2D eigenvalue weighted by molar-refractivity contribution is -0.384. The van der Waals surface area contributed by atoms with Crippen LogP contribution in [0.25, 0.3) is 0 Å². The van der Waals surface area contributed by atoms with Gasteiger partial charge in [-0.3, -0.25) is 10.1 Å². The quantitative estimate of drug-likeness (QED) is 0.653. The van der Waals surface area contributed by atoms with E-state index in [0.717, 1.165) is 17.8 Å². The van der Waals surface area contributed by atoms with Gasteiger partial charge in [-0.25, -0.2) is 9.37 Å². The molecular weight excluding hydrogens is 319 g/mol. The van der Waals surface area contributed by atoms with Gasteiger partial charge in [-0.15, -0.1) is 0 Å². The van der Waals surface area contributed by atoms with E-state index in [1.807, 2.05) is 0 Å². The van der Waals surface area contributed by atoms with Gasteiger partial charge in [0.1, 0.15) is 11.5 Å². The van der Waals surface area contributed by atoms with Crippen LogP contribution in [0.5, 0.6) is 0 Å². The van der Waals surface area contributed by atoms with E-state index in [4.69, 9.17) is 0 Å². The summed E-state index contributed by atoms with van der Waals surface area (Å²) >= 11 is 2.93. The molecule has 0 spiro atoms. The van der Waals surface area contributed by atoms with Crippen LogP contribution in [0.3, 0.4) is 0 Å². The maximum absolute atomic E-state index is 13.4. The summed E-state index contributed by atoms with van der Waals surface area (Å²) in [6, 6.07) is 2.25. The molecule has 2 rings (SSSR count). The molecule has 0 saturated heterocycles. The third-order valence-electron chi connectivity index (χ3n) is 2.50. The lowest BCUT2D eigenvalue weighted by atomic mass is 10.2. The largest absolute Gasteiger partial charge is 0.379 e. The topological polar surface area (TPSA) is 83.8 Å². The molecule has 0 aliphatic rings. The van der Waals surface area contributed by atoms with Crippen molar-refractivity contribution in [1.82, 2.24) is 9.97 Å². The molecule has 2 aromatic rings. The number of benzene rings is 1. The molecule has 1 heterocycles. The van der Waals surface area contributed by atoms with Crippen LogP contribution in [-0.4, -0.2) is 21.4 Å². The van der Waals surface area contributed by atoms with Crippen molar-refractivity contribution < 1.29 is 9.31 Å². The summed E-state index contributed by atoms with van der Waals surface area (Å²) in [7, 11) is 0. The Labute approximate surface area is 116 Å². The van der Waals surface area contributed by atoms with Gasteiger partial charge in [-0.1, -0.05) is 0 Å². The lowest BCUT2D eigenvalue weighted by Gasteiger charge is -2.07. The Bertz CT molecular complexity index is 589. The number of nitro groups is 1. The highest BCUT2D eigenvalue weighted by Gasteiger charge is 2.17. The molecule has 1 aromatic heterocycles. The number of aromatic nitrogens is 2. The highest BCUT2D eigenvalue weighted by molar-refractivity contribution is 9.10. The predicted octanol–water partition coefficient (Wildman–Crippen LogP) is 2.87. The third-order valence-corrected chi connectivity index (χ3v) is 3.11. The third kappa shape index (κ3) is 3.28. The monoisotopic (exact) mass is 328 g/mol. The average Bonchev–Trinajstić information content (AvgIpc) is 2.86. The lowest BCUT2D eigenvalue weighted by Crippen LogP contribution is -2.07. The summed E-state index contributed by atoms with van der Waals surface area (Å²) in [6.07, 6.45) is 3.82. The maximum atomic E-state index is 13.4. The van der Waals surface area contributed by atoms with Crippen molar-refractivity contribution in [2.45, 2.75) is 6.42 Å². The van der Waals surface area contributed by atoms with Crippen molar-refractivity contribution in [3.63, 3.8) is 0 Å². The van der Waals surface area contributed by atoms with Crippen LogP contribution < -0.4 is 5.32 Å². The average molecular weight is 329 g/mol. The summed E-state index contributed by atoms with van der Waals surface area (Å²) in [5, 5.41) is 13.7. The number of hydrogen-bond acceptors (Lipinski definition) is 4. The number of nitro benzene ring substituents is 1. The molecule has 0 amide bonds. The smallest absolute Gasteiger partial charge is 0.293 e. The van der Waals surface area contributed by atoms with E-state index >= 15 is 0 Å². The van der Waals surface area contributed by atoms with E-state index < -0.39 is 10.7 Å². The van der Waals surface area contributed by atoms with E-state index in [9.17, 15) is 14.5 Å². The van der Waals surface area contributed by atoms with Gasteiger partial charge in [-0.2, -0.15) is 0 Å². The number of H-pyrrole nitrogens is 1. The maximum Gasteiger partial charge on any atom is 0.293 e. The number of rotatable bonds is 5. The zero-order valence-electron chi connectivity index (χ0n) is 9.69. The van der Waals surface area contributed by atoms with Gasteiger partial charge in [0.2, 0.25) is 0 Å². The normalized spacial score (nSPS) is 10.4. The molecule has 2 N–H and O–H groups in total. The summed E-state index contributed by atoms with van der Waals surface area (Å²) in [5.41, 5.74) is 0.885. The summed E-state index contributed by atoms with van der Waals surface area (Å²) in [5.74, 6) is -0.547. The van der Waals surface area contributed by atoms with Gasteiger partial charge >= 0.3 is 0 Å². The number of anilines is 1. The summed E-state index contributed by atoms with van der Waals surface area (Å²) in [6.45, 7) is 0.435. The number of imidazole rings is 1. The molecule has 19 heavy (non-hydrogen) atoms.